The molecule has 0 aliphatic rings. The molecule has 3 nitrogen and oxygen atoms in total. The third kappa shape index (κ3) is 7.04. The first-order chi connectivity index (χ1) is 13.6. The quantitative estimate of drug-likeness (QED) is 0.172. The summed E-state index contributed by atoms with van der Waals surface area (Å²) in [5, 5.41) is 0. The van der Waals surface area contributed by atoms with E-state index in [1.165, 1.54) is 12.8 Å². The fourth-order valence-electron chi connectivity index (χ4n) is 2.67. The summed E-state index contributed by atoms with van der Waals surface area (Å²) in [5.41, 5.74) is 2.01. The number of hydrogen-bond donors (Lipinski definition) is 0. The number of hydrogen-bond acceptors (Lipinski definition) is 3. The van der Waals surface area contributed by atoms with E-state index in [4.69, 9.17) is 4.74 Å². The molecule has 0 N–H and O–H groups in total. The fraction of sp³-hybridized carbons (Fsp3) is 0.360. The van der Waals surface area contributed by atoms with E-state index >= 15 is 0 Å². The van der Waals surface area contributed by atoms with Gasteiger partial charge in [-0.2, -0.15) is 0 Å². The highest BCUT2D eigenvalue weighted by Gasteiger charge is 2.10. The minimum atomic E-state index is -0.424. The number of Topliss-reactive ketones (excluding diaryl/α,β-unsaturated/α-hetero) is 1. The molecule has 0 fully saturated rings. The number of esters is 1. The molecule has 2 aromatic carbocycles. The molecule has 0 heterocycles. The second kappa shape index (κ2) is 11.8. The number of benzene rings is 2. The van der Waals surface area contributed by atoms with E-state index in [0.717, 1.165) is 31.2 Å². The maximum Gasteiger partial charge on any atom is 0.343 e. The highest BCUT2D eigenvalue weighted by Crippen LogP contribution is 2.16. The van der Waals surface area contributed by atoms with Crippen molar-refractivity contribution < 1.29 is 14.3 Å². The third-order valence-corrected chi connectivity index (χ3v) is 4.40. The van der Waals surface area contributed by atoms with E-state index in [-0.39, 0.29) is 5.78 Å². The van der Waals surface area contributed by atoms with E-state index in [2.05, 4.69) is 25.7 Å². The summed E-state index contributed by atoms with van der Waals surface area (Å²) in [6.45, 7) is 4.23. The molecule has 0 amide bonds. The third-order valence-electron chi connectivity index (χ3n) is 4.40. The van der Waals surface area contributed by atoms with Gasteiger partial charge in [0.25, 0.3) is 0 Å². The maximum absolute atomic E-state index is 12.3. The Morgan fingerprint density at radius 1 is 0.821 bits per heavy atom. The van der Waals surface area contributed by atoms with Crippen molar-refractivity contribution >= 4 is 11.8 Å². The van der Waals surface area contributed by atoms with Crippen LogP contribution < -0.4 is 4.74 Å². The number of unbranched alkanes of at least 4 members (excludes halogenated alkanes) is 4. The van der Waals surface area contributed by atoms with Crippen LogP contribution in [0, 0.1) is 11.8 Å². The van der Waals surface area contributed by atoms with Crippen molar-refractivity contribution in [2.24, 2.45) is 0 Å². The van der Waals surface area contributed by atoms with Gasteiger partial charge in [0.15, 0.2) is 5.78 Å². The summed E-state index contributed by atoms with van der Waals surface area (Å²) in [7, 11) is 0. The van der Waals surface area contributed by atoms with Gasteiger partial charge >= 0.3 is 5.97 Å². The predicted octanol–water partition coefficient (Wildman–Crippen LogP) is 6.21. The molecule has 0 saturated carbocycles. The average molecular weight is 376 g/mol. The van der Waals surface area contributed by atoms with Crippen molar-refractivity contribution in [3.63, 3.8) is 0 Å². The van der Waals surface area contributed by atoms with E-state index in [9.17, 15) is 9.59 Å². The average Bonchev–Trinajstić information content (AvgIpc) is 2.72. The maximum atomic E-state index is 12.3. The zero-order chi connectivity index (χ0) is 20.2. The van der Waals surface area contributed by atoms with Crippen molar-refractivity contribution in [2.45, 2.75) is 58.8 Å². The van der Waals surface area contributed by atoms with E-state index in [1.807, 2.05) is 12.1 Å². The first-order valence-electron chi connectivity index (χ1n) is 10.1. The van der Waals surface area contributed by atoms with Crippen LogP contribution in [0.25, 0.3) is 0 Å². The molecular weight excluding hydrogens is 348 g/mol. The second-order valence-electron chi connectivity index (χ2n) is 6.78. The van der Waals surface area contributed by atoms with Crippen molar-refractivity contribution in [2.75, 3.05) is 0 Å². The summed E-state index contributed by atoms with van der Waals surface area (Å²) in [6, 6.07) is 13.8. The number of ketones is 1. The normalized spacial score (nSPS) is 10.1. The topological polar surface area (TPSA) is 43.4 Å². The van der Waals surface area contributed by atoms with Crippen LogP contribution in [0.1, 0.15) is 85.1 Å². The Labute approximate surface area is 168 Å². The Morgan fingerprint density at radius 3 is 2.11 bits per heavy atom. The van der Waals surface area contributed by atoms with Gasteiger partial charge in [-0.15, -0.1) is 0 Å². The zero-order valence-electron chi connectivity index (χ0n) is 16.8. The molecule has 0 aliphatic heterocycles. The van der Waals surface area contributed by atoms with Crippen molar-refractivity contribution in [1.29, 1.82) is 0 Å². The van der Waals surface area contributed by atoms with E-state index in [0.29, 0.717) is 23.3 Å². The lowest BCUT2D eigenvalue weighted by Gasteiger charge is -2.06. The van der Waals surface area contributed by atoms with Gasteiger partial charge in [0.1, 0.15) is 5.75 Å². The molecule has 2 rings (SSSR count). The van der Waals surface area contributed by atoms with Crippen molar-refractivity contribution in [1.82, 2.24) is 0 Å². The summed E-state index contributed by atoms with van der Waals surface area (Å²) < 4.78 is 5.40. The Balaban J connectivity index is 1.91. The molecular formula is C25H28O3. The molecule has 0 aromatic heterocycles. The van der Waals surface area contributed by atoms with Gasteiger partial charge in [0.05, 0.1) is 5.56 Å². The van der Waals surface area contributed by atoms with Crippen LogP contribution in [0.3, 0.4) is 0 Å². The molecule has 0 atom stereocenters. The lowest BCUT2D eigenvalue weighted by molar-refractivity contribution is 0.0734. The monoisotopic (exact) mass is 376 g/mol. The molecule has 0 saturated heterocycles. The second-order valence-corrected chi connectivity index (χ2v) is 6.78. The molecule has 146 valence electrons. The van der Waals surface area contributed by atoms with Crippen LogP contribution in [-0.4, -0.2) is 11.8 Å². The lowest BCUT2D eigenvalue weighted by atomic mass is 10.1. The summed E-state index contributed by atoms with van der Waals surface area (Å²) in [6.07, 6.45) is 6.83. The molecule has 28 heavy (non-hydrogen) atoms. The molecule has 0 aliphatic carbocycles. The van der Waals surface area contributed by atoms with Gasteiger partial charge < -0.3 is 4.74 Å². The van der Waals surface area contributed by atoms with Crippen LogP contribution >= 0.6 is 0 Å². The Morgan fingerprint density at radius 2 is 1.46 bits per heavy atom. The van der Waals surface area contributed by atoms with Crippen molar-refractivity contribution in [3.8, 4) is 17.6 Å². The van der Waals surface area contributed by atoms with Gasteiger partial charge in [-0.1, -0.05) is 45.0 Å². The number of rotatable bonds is 9. The number of ether oxygens (including phenoxy) is 1. The van der Waals surface area contributed by atoms with Gasteiger partial charge in [-0.3, -0.25) is 4.79 Å². The molecule has 0 unspecified atom stereocenters. The molecule has 3 heteroatoms. The van der Waals surface area contributed by atoms with Crippen LogP contribution in [-0.2, 0) is 0 Å². The number of carbonyl (C=O) groups excluding carboxylic acids is 2. The van der Waals surface area contributed by atoms with Crippen LogP contribution in [0.2, 0.25) is 0 Å². The van der Waals surface area contributed by atoms with Crippen LogP contribution in [0.15, 0.2) is 48.5 Å². The van der Waals surface area contributed by atoms with E-state index in [1.54, 1.807) is 36.4 Å². The van der Waals surface area contributed by atoms with Crippen LogP contribution in [0.4, 0.5) is 0 Å². The minimum Gasteiger partial charge on any atom is -0.423 e. The molecule has 2 aromatic rings. The standard InChI is InChI=1S/C25H28O3/c1-3-5-7-8-9-10-20-12-14-22(15-13-20)25(27)28-23-18-16-21(17-19-23)24(26)11-6-4-2/h12-19H,3-8,11H2,1-2H3. The van der Waals surface area contributed by atoms with Crippen LogP contribution in [0.5, 0.6) is 5.75 Å². The largest absolute Gasteiger partial charge is 0.423 e. The summed E-state index contributed by atoms with van der Waals surface area (Å²) in [4.78, 5) is 24.3. The Kier molecular flexibility index (Phi) is 9.01. The highest BCUT2D eigenvalue weighted by molar-refractivity contribution is 5.96. The lowest BCUT2D eigenvalue weighted by Crippen LogP contribution is -2.08. The summed E-state index contributed by atoms with van der Waals surface area (Å²) >= 11 is 0. The Hall–Kier alpha value is -2.86. The summed E-state index contributed by atoms with van der Waals surface area (Å²) in [5.74, 6) is 6.40. The molecule has 0 spiro atoms. The zero-order valence-corrected chi connectivity index (χ0v) is 16.8. The van der Waals surface area contributed by atoms with Gasteiger partial charge in [-0.25, -0.2) is 4.79 Å². The van der Waals surface area contributed by atoms with Gasteiger partial charge in [0.2, 0.25) is 0 Å². The van der Waals surface area contributed by atoms with E-state index < -0.39 is 5.97 Å². The fourth-order valence-corrected chi connectivity index (χ4v) is 2.67. The molecule has 0 bridgehead atoms. The van der Waals surface area contributed by atoms with Gasteiger partial charge in [0, 0.05) is 24.0 Å². The first kappa shape index (κ1) is 21.4. The highest BCUT2D eigenvalue weighted by atomic mass is 16.5. The minimum absolute atomic E-state index is 0.117. The number of carbonyl (C=O) groups is 2. The smallest absolute Gasteiger partial charge is 0.343 e. The van der Waals surface area contributed by atoms with Gasteiger partial charge in [-0.05, 0) is 61.4 Å². The molecule has 0 radical (unpaired) electrons. The van der Waals surface area contributed by atoms with Crippen molar-refractivity contribution in [3.05, 3.63) is 65.2 Å². The SMILES string of the molecule is CCCCCC#Cc1ccc(C(=O)Oc2ccc(C(=O)CCCC)cc2)cc1. The first-order valence-corrected chi connectivity index (χ1v) is 10.1. The Bertz CT molecular complexity index is 821. The predicted molar refractivity (Wildman–Crippen MR) is 113 cm³/mol.